The second-order valence-electron chi connectivity index (χ2n) is 8.13. The molecule has 5 rings (SSSR count). The molecule has 1 unspecified atom stereocenters. The van der Waals surface area contributed by atoms with E-state index in [1.807, 2.05) is 24.4 Å². The third-order valence-corrected chi connectivity index (χ3v) is 6.65. The number of aromatic nitrogens is 2. The number of fused-ring (bicyclic) bond motifs is 2. The maximum absolute atomic E-state index is 13.8. The summed E-state index contributed by atoms with van der Waals surface area (Å²) in [5.74, 6) is 1.81. The zero-order chi connectivity index (χ0) is 20.0. The van der Waals surface area contributed by atoms with Gasteiger partial charge in [0.1, 0.15) is 11.3 Å². The highest BCUT2D eigenvalue weighted by atomic mass is 35.5. The maximum atomic E-state index is 13.8. The van der Waals surface area contributed by atoms with Crippen molar-refractivity contribution in [3.8, 4) is 0 Å². The molecule has 1 aliphatic carbocycles. The van der Waals surface area contributed by atoms with Gasteiger partial charge in [-0.05, 0) is 85.5 Å². The summed E-state index contributed by atoms with van der Waals surface area (Å²) in [5, 5.41) is 1.62. The average Bonchev–Trinajstić information content (AvgIpc) is 3.16. The third kappa shape index (κ3) is 3.51. The molecule has 0 aliphatic heterocycles. The second-order valence-corrected chi connectivity index (χ2v) is 8.56. The molecular formula is C24H22ClFN2O. The third-order valence-electron chi connectivity index (χ3n) is 6.41. The van der Waals surface area contributed by atoms with Crippen LogP contribution in [-0.2, 0) is 0 Å². The van der Waals surface area contributed by atoms with E-state index in [4.69, 9.17) is 16.0 Å². The van der Waals surface area contributed by atoms with Crippen molar-refractivity contribution < 1.29 is 8.81 Å². The Bertz CT molecular complexity index is 1180. The van der Waals surface area contributed by atoms with Crippen LogP contribution in [0.15, 0.2) is 53.1 Å². The van der Waals surface area contributed by atoms with E-state index in [1.165, 1.54) is 11.6 Å². The van der Waals surface area contributed by atoms with Crippen molar-refractivity contribution >= 4 is 33.6 Å². The van der Waals surface area contributed by atoms with Crippen molar-refractivity contribution in [2.45, 2.75) is 44.4 Å². The van der Waals surface area contributed by atoms with Crippen molar-refractivity contribution in [1.29, 1.82) is 0 Å². The fourth-order valence-corrected chi connectivity index (χ4v) is 4.91. The molecule has 1 aliphatic rings. The molecular weight excluding hydrogens is 387 g/mol. The summed E-state index contributed by atoms with van der Waals surface area (Å²) in [6.07, 6.45) is 6.20. The first-order chi connectivity index (χ1) is 14.1. The van der Waals surface area contributed by atoms with E-state index >= 15 is 0 Å². The van der Waals surface area contributed by atoms with E-state index in [1.54, 1.807) is 12.1 Å². The average molecular weight is 409 g/mol. The van der Waals surface area contributed by atoms with Crippen molar-refractivity contribution in [1.82, 2.24) is 9.97 Å². The fourth-order valence-electron chi connectivity index (χ4n) is 4.74. The molecule has 0 bridgehead atoms. The Morgan fingerprint density at radius 2 is 1.86 bits per heavy atom. The first-order valence-electron chi connectivity index (χ1n) is 10.2. The number of nitrogens with zero attached hydrogens (tertiary/aromatic N) is 2. The summed E-state index contributed by atoms with van der Waals surface area (Å²) >= 11 is 6.07. The molecule has 0 N–H and O–H groups in total. The molecule has 0 amide bonds. The standard InChI is InChI=1S/C24H22ClFN2O/c1-14(24-28-22-12-17(25)6-9-23(22)29-24)15-2-4-16(5-3-15)19-10-11-27-21-8-7-18(26)13-20(19)21/h6-16H,2-5H2,1H3/t14?,15-,16+. The molecule has 29 heavy (non-hydrogen) atoms. The monoisotopic (exact) mass is 408 g/mol. The van der Waals surface area contributed by atoms with Crippen LogP contribution in [0.25, 0.3) is 22.0 Å². The number of oxazole rings is 1. The van der Waals surface area contributed by atoms with Gasteiger partial charge in [0.25, 0.3) is 0 Å². The van der Waals surface area contributed by atoms with Crippen molar-refractivity contribution in [2.75, 3.05) is 0 Å². The SMILES string of the molecule is CC(c1nc2cc(Cl)ccc2o1)[C@H]1CC[C@@H](c2ccnc3ccc(F)cc32)CC1. The summed E-state index contributed by atoms with van der Waals surface area (Å²) < 4.78 is 19.8. The van der Waals surface area contributed by atoms with Gasteiger partial charge in [0.05, 0.1) is 5.52 Å². The molecule has 1 saturated carbocycles. The Kier molecular flexibility index (Phi) is 4.75. The molecule has 148 valence electrons. The topological polar surface area (TPSA) is 38.9 Å². The van der Waals surface area contributed by atoms with Crippen LogP contribution in [0.3, 0.4) is 0 Å². The highest BCUT2D eigenvalue weighted by molar-refractivity contribution is 6.31. The minimum absolute atomic E-state index is 0.204. The minimum Gasteiger partial charge on any atom is -0.440 e. The molecule has 2 aromatic heterocycles. The van der Waals surface area contributed by atoms with Gasteiger partial charge in [-0.25, -0.2) is 9.37 Å². The van der Waals surface area contributed by atoms with Crippen LogP contribution in [0.1, 0.15) is 55.9 Å². The largest absolute Gasteiger partial charge is 0.440 e. The summed E-state index contributed by atoms with van der Waals surface area (Å²) in [6.45, 7) is 2.20. The molecule has 0 radical (unpaired) electrons. The Balaban J connectivity index is 1.34. The van der Waals surface area contributed by atoms with Gasteiger partial charge in [-0.3, -0.25) is 4.98 Å². The molecule has 1 fully saturated rings. The molecule has 4 aromatic rings. The Morgan fingerprint density at radius 3 is 2.69 bits per heavy atom. The molecule has 2 aromatic carbocycles. The summed E-state index contributed by atoms with van der Waals surface area (Å²) in [6, 6.07) is 12.5. The minimum atomic E-state index is -0.204. The van der Waals surface area contributed by atoms with Crippen LogP contribution in [0.5, 0.6) is 0 Å². The van der Waals surface area contributed by atoms with Gasteiger partial charge in [0.15, 0.2) is 11.5 Å². The van der Waals surface area contributed by atoms with Gasteiger partial charge >= 0.3 is 0 Å². The Labute approximate surface area is 173 Å². The Hall–Kier alpha value is -2.46. The summed E-state index contributed by atoms with van der Waals surface area (Å²) in [7, 11) is 0. The van der Waals surface area contributed by atoms with E-state index in [9.17, 15) is 4.39 Å². The lowest BCUT2D eigenvalue weighted by Gasteiger charge is -2.31. The van der Waals surface area contributed by atoms with Crippen LogP contribution >= 0.6 is 11.6 Å². The van der Waals surface area contributed by atoms with E-state index in [-0.39, 0.29) is 11.7 Å². The lowest BCUT2D eigenvalue weighted by atomic mass is 9.74. The normalized spacial score (nSPS) is 20.9. The maximum Gasteiger partial charge on any atom is 0.198 e. The fraction of sp³-hybridized carbons (Fsp3) is 0.333. The molecule has 5 heteroatoms. The molecule has 3 nitrogen and oxygen atoms in total. The van der Waals surface area contributed by atoms with Crippen LogP contribution < -0.4 is 0 Å². The predicted octanol–water partition coefficient (Wildman–Crippen LogP) is 7.25. The van der Waals surface area contributed by atoms with Gasteiger partial charge in [-0.1, -0.05) is 18.5 Å². The Morgan fingerprint density at radius 1 is 1.03 bits per heavy atom. The zero-order valence-corrected chi connectivity index (χ0v) is 17.0. The van der Waals surface area contributed by atoms with E-state index in [2.05, 4.69) is 23.0 Å². The van der Waals surface area contributed by atoms with Gasteiger partial charge in [0, 0.05) is 22.5 Å². The predicted molar refractivity (Wildman–Crippen MR) is 114 cm³/mol. The highest BCUT2D eigenvalue weighted by Crippen LogP contribution is 2.43. The van der Waals surface area contributed by atoms with Gasteiger partial charge < -0.3 is 4.42 Å². The molecule has 0 spiro atoms. The van der Waals surface area contributed by atoms with Crippen molar-refractivity contribution in [3.63, 3.8) is 0 Å². The number of hydrogen-bond acceptors (Lipinski definition) is 3. The number of pyridine rings is 1. The molecule has 0 saturated heterocycles. The lowest BCUT2D eigenvalue weighted by Crippen LogP contribution is -2.18. The van der Waals surface area contributed by atoms with Gasteiger partial charge in [0.2, 0.25) is 0 Å². The van der Waals surface area contributed by atoms with Crippen LogP contribution in [0.4, 0.5) is 4.39 Å². The van der Waals surface area contributed by atoms with E-state index in [0.717, 1.165) is 53.6 Å². The van der Waals surface area contributed by atoms with E-state index in [0.29, 0.717) is 16.9 Å². The summed E-state index contributed by atoms with van der Waals surface area (Å²) in [5.41, 5.74) is 3.69. The number of halogens is 2. The quantitative estimate of drug-likeness (QED) is 0.358. The van der Waals surface area contributed by atoms with Gasteiger partial charge in [-0.15, -0.1) is 0 Å². The lowest BCUT2D eigenvalue weighted by molar-refractivity contribution is 0.268. The number of rotatable bonds is 3. The highest BCUT2D eigenvalue weighted by Gasteiger charge is 2.30. The first-order valence-corrected chi connectivity index (χ1v) is 10.6. The zero-order valence-electron chi connectivity index (χ0n) is 16.2. The van der Waals surface area contributed by atoms with Crippen LogP contribution in [0, 0.1) is 11.7 Å². The number of benzene rings is 2. The molecule has 2 heterocycles. The van der Waals surface area contributed by atoms with Crippen LogP contribution in [-0.4, -0.2) is 9.97 Å². The summed E-state index contributed by atoms with van der Waals surface area (Å²) in [4.78, 5) is 9.07. The smallest absolute Gasteiger partial charge is 0.198 e. The van der Waals surface area contributed by atoms with Crippen LogP contribution in [0.2, 0.25) is 5.02 Å². The van der Waals surface area contributed by atoms with Crippen molar-refractivity contribution in [2.24, 2.45) is 5.92 Å². The van der Waals surface area contributed by atoms with Crippen molar-refractivity contribution in [3.05, 3.63) is 71.0 Å². The molecule has 1 atom stereocenters. The number of hydrogen-bond donors (Lipinski definition) is 0. The second kappa shape index (κ2) is 7.42. The van der Waals surface area contributed by atoms with Gasteiger partial charge in [-0.2, -0.15) is 0 Å². The first kappa shape index (κ1) is 18.6. The van der Waals surface area contributed by atoms with E-state index < -0.39 is 0 Å².